The van der Waals surface area contributed by atoms with Gasteiger partial charge in [-0.15, -0.1) is 0 Å². The molecule has 26 heavy (non-hydrogen) atoms. The Morgan fingerprint density at radius 1 is 1.00 bits per heavy atom. The average molecular weight is 354 g/mol. The number of carbonyl (C=O) groups is 2. The third-order valence-corrected chi connectivity index (χ3v) is 4.58. The lowest BCUT2D eigenvalue weighted by atomic mass is 9.87. The largest absolute Gasteiger partial charge is 0.513 e. The molecule has 0 spiro atoms. The number of methoxy groups -OCH3 is 1. The standard InChI is InChI=1S/C21H22O5/c1-12(2)20(22)25-18-14-7-5-6-8-15(14)19(26-21(23)24-4)17-11-13(3)9-10-16(17)18/h9-11H,1,5-8H2,2-4H3. The van der Waals surface area contributed by atoms with Gasteiger partial charge in [0.1, 0.15) is 11.5 Å². The number of aryl methyl sites for hydroxylation is 1. The summed E-state index contributed by atoms with van der Waals surface area (Å²) >= 11 is 0. The van der Waals surface area contributed by atoms with Crippen LogP contribution in [-0.4, -0.2) is 19.2 Å². The van der Waals surface area contributed by atoms with E-state index in [1.165, 1.54) is 7.11 Å². The molecular weight excluding hydrogens is 332 g/mol. The summed E-state index contributed by atoms with van der Waals surface area (Å²) in [5.74, 6) is 0.585. The van der Waals surface area contributed by atoms with E-state index in [4.69, 9.17) is 14.2 Å². The van der Waals surface area contributed by atoms with Crippen LogP contribution >= 0.6 is 0 Å². The minimum Gasteiger partial charge on any atom is -0.437 e. The number of hydrogen-bond donors (Lipinski definition) is 0. The second kappa shape index (κ2) is 7.20. The van der Waals surface area contributed by atoms with Crippen LogP contribution in [0.25, 0.3) is 10.8 Å². The average Bonchev–Trinajstić information content (AvgIpc) is 2.63. The molecule has 0 unspecified atom stereocenters. The second-order valence-electron chi connectivity index (χ2n) is 6.60. The lowest BCUT2D eigenvalue weighted by Crippen LogP contribution is -2.16. The number of esters is 1. The van der Waals surface area contributed by atoms with Gasteiger partial charge in [-0.2, -0.15) is 0 Å². The zero-order valence-electron chi connectivity index (χ0n) is 15.3. The molecule has 1 aliphatic carbocycles. The molecule has 5 heteroatoms. The van der Waals surface area contributed by atoms with Crippen LogP contribution in [0.4, 0.5) is 4.79 Å². The predicted octanol–water partition coefficient (Wildman–Crippen LogP) is 4.65. The first-order chi connectivity index (χ1) is 12.4. The summed E-state index contributed by atoms with van der Waals surface area (Å²) in [6.45, 7) is 7.24. The van der Waals surface area contributed by atoms with Crippen LogP contribution in [-0.2, 0) is 22.4 Å². The lowest BCUT2D eigenvalue weighted by molar-refractivity contribution is -0.130. The van der Waals surface area contributed by atoms with Crippen molar-refractivity contribution in [3.8, 4) is 11.5 Å². The Kier molecular flexibility index (Phi) is 4.98. The molecule has 5 nitrogen and oxygen atoms in total. The fourth-order valence-electron chi connectivity index (χ4n) is 3.31. The molecule has 0 radical (unpaired) electrons. The van der Waals surface area contributed by atoms with Gasteiger partial charge in [-0.05, 0) is 45.6 Å². The first-order valence-corrected chi connectivity index (χ1v) is 8.64. The molecule has 0 amide bonds. The number of hydrogen-bond acceptors (Lipinski definition) is 5. The van der Waals surface area contributed by atoms with Gasteiger partial charge in [0.2, 0.25) is 0 Å². The predicted molar refractivity (Wildman–Crippen MR) is 98.8 cm³/mol. The van der Waals surface area contributed by atoms with Crippen molar-refractivity contribution in [3.63, 3.8) is 0 Å². The van der Waals surface area contributed by atoms with Crippen LogP contribution in [0.3, 0.4) is 0 Å². The molecule has 136 valence electrons. The van der Waals surface area contributed by atoms with E-state index in [0.717, 1.165) is 53.1 Å². The fraction of sp³-hybridized carbons (Fsp3) is 0.333. The molecule has 2 aromatic carbocycles. The van der Waals surface area contributed by atoms with Crippen LogP contribution in [0, 0.1) is 6.92 Å². The maximum atomic E-state index is 12.2. The van der Waals surface area contributed by atoms with E-state index in [1.54, 1.807) is 6.92 Å². The number of carbonyl (C=O) groups excluding carboxylic acids is 2. The summed E-state index contributed by atoms with van der Waals surface area (Å²) in [4.78, 5) is 24.0. The highest BCUT2D eigenvalue weighted by Crippen LogP contribution is 2.44. The van der Waals surface area contributed by atoms with Gasteiger partial charge in [-0.25, -0.2) is 9.59 Å². The monoisotopic (exact) mass is 354 g/mol. The van der Waals surface area contributed by atoms with Gasteiger partial charge in [0.15, 0.2) is 0 Å². The van der Waals surface area contributed by atoms with Gasteiger partial charge < -0.3 is 14.2 Å². The van der Waals surface area contributed by atoms with Crippen molar-refractivity contribution in [1.82, 2.24) is 0 Å². The van der Waals surface area contributed by atoms with Crippen LogP contribution in [0.15, 0.2) is 30.4 Å². The number of benzene rings is 2. The molecule has 0 heterocycles. The Morgan fingerprint density at radius 3 is 2.19 bits per heavy atom. The van der Waals surface area contributed by atoms with Crippen LogP contribution in [0.1, 0.15) is 36.5 Å². The highest BCUT2D eigenvalue weighted by Gasteiger charge is 2.26. The molecule has 0 saturated carbocycles. The van der Waals surface area contributed by atoms with Gasteiger partial charge in [0.25, 0.3) is 0 Å². The quantitative estimate of drug-likeness (QED) is 0.347. The molecule has 0 N–H and O–H groups in total. The Balaban J connectivity index is 2.30. The first kappa shape index (κ1) is 18.0. The van der Waals surface area contributed by atoms with Crippen LogP contribution < -0.4 is 9.47 Å². The maximum Gasteiger partial charge on any atom is 0.513 e. The fourth-order valence-corrected chi connectivity index (χ4v) is 3.31. The highest BCUT2D eigenvalue weighted by atomic mass is 16.7. The van der Waals surface area contributed by atoms with Crippen molar-refractivity contribution in [2.75, 3.05) is 7.11 Å². The van der Waals surface area contributed by atoms with Crippen molar-refractivity contribution in [1.29, 1.82) is 0 Å². The lowest BCUT2D eigenvalue weighted by Gasteiger charge is -2.24. The topological polar surface area (TPSA) is 61.8 Å². The summed E-state index contributed by atoms with van der Waals surface area (Å²) in [6, 6.07) is 5.77. The maximum absolute atomic E-state index is 12.2. The first-order valence-electron chi connectivity index (χ1n) is 8.64. The van der Waals surface area contributed by atoms with E-state index in [1.807, 2.05) is 25.1 Å². The molecule has 1 aliphatic rings. The molecule has 0 saturated heterocycles. The Hall–Kier alpha value is -2.82. The number of ether oxygens (including phenoxy) is 3. The number of fused-ring (bicyclic) bond motifs is 2. The Morgan fingerprint density at radius 2 is 1.62 bits per heavy atom. The molecule has 0 aromatic heterocycles. The smallest absolute Gasteiger partial charge is 0.437 e. The van der Waals surface area contributed by atoms with E-state index >= 15 is 0 Å². The van der Waals surface area contributed by atoms with Gasteiger partial charge in [0.05, 0.1) is 7.11 Å². The minimum absolute atomic E-state index is 0.338. The van der Waals surface area contributed by atoms with Crippen LogP contribution in [0.2, 0.25) is 0 Å². The molecule has 3 rings (SSSR count). The van der Waals surface area contributed by atoms with Crippen molar-refractivity contribution in [3.05, 3.63) is 47.0 Å². The normalized spacial score (nSPS) is 13.0. The van der Waals surface area contributed by atoms with Gasteiger partial charge in [-0.3, -0.25) is 0 Å². The summed E-state index contributed by atoms with van der Waals surface area (Å²) in [7, 11) is 1.28. The van der Waals surface area contributed by atoms with Gasteiger partial charge in [0, 0.05) is 27.5 Å². The van der Waals surface area contributed by atoms with Gasteiger partial charge in [-0.1, -0.05) is 24.3 Å². The SMILES string of the molecule is C=C(C)C(=O)Oc1c2c(c(OC(=O)OC)c3cc(C)ccc13)CCCC2. The highest BCUT2D eigenvalue weighted by molar-refractivity contribution is 6.00. The van der Waals surface area contributed by atoms with Crippen LogP contribution in [0.5, 0.6) is 11.5 Å². The third kappa shape index (κ3) is 3.29. The molecule has 0 aliphatic heterocycles. The summed E-state index contributed by atoms with van der Waals surface area (Å²) in [5.41, 5.74) is 3.18. The minimum atomic E-state index is -0.757. The molecule has 2 aromatic rings. The van der Waals surface area contributed by atoms with E-state index < -0.39 is 12.1 Å². The van der Waals surface area contributed by atoms with Gasteiger partial charge >= 0.3 is 12.1 Å². The van der Waals surface area contributed by atoms with Crippen molar-refractivity contribution in [2.24, 2.45) is 0 Å². The summed E-state index contributed by atoms with van der Waals surface area (Å²) < 4.78 is 15.9. The molecule has 0 bridgehead atoms. The van der Waals surface area contributed by atoms with E-state index in [0.29, 0.717) is 17.1 Å². The van der Waals surface area contributed by atoms with Crippen molar-refractivity contribution >= 4 is 22.9 Å². The number of rotatable bonds is 3. The van der Waals surface area contributed by atoms with E-state index in [9.17, 15) is 9.59 Å². The summed E-state index contributed by atoms with van der Waals surface area (Å²) in [5, 5.41) is 1.48. The zero-order chi connectivity index (χ0) is 18.8. The molecule has 0 atom stereocenters. The molecule has 0 fully saturated rings. The Bertz CT molecular complexity index is 910. The van der Waals surface area contributed by atoms with Crippen molar-refractivity contribution in [2.45, 2.75) is 39.5 Å². The third-order valence-electron chi connectivity index (χ3n) is 4.58. The van der Waals surface area contributed by atoms with E-state index in [2.05, 4.69) is 6.58 Å². The van der Waals surface area contributed by atoms with Crippen molar-refractivity contribution < 1.29 is 23.8 Å². The Labute approximate surface area is 152 Å². The second-order valence-corrected chi connectivity index (χ2v) is 6.60. The molecular formula is C21H22O5. The summed E-state index contributed by atoms with van der Waals surface area (Å²) in [6.07, 6.45) is 2.72. The zero-order valence-corrected chi connectivity index (χ0v) is 15.3. The van der Waals surface area contributed by atoms with E-state index in [-0.39, 0.29) is 0 Å².